The van der Waals surface area contributed by atoms with Crippen molar-refractivity contribution in [3.63, 3.8) is 0 Å². The molecular formula is C11H22ClN3O3S. The van der Waals surface area contributed by atoms with Crippen molar-refractivity contribution in [1.29, 1.82) is 0 Å². The minimum Gasteiger partial charge on any atom is -0.341 e. The number of rotatable bonds is 4. The standard InChI is InChI=1S/C11H21N3O3S.ClH/c1-18(16,17)13-10-4-6-14(8-10)11(15)7-9-3-2-5-12-9;/h9-10,12-13H,2-8H2,1H3;1H. The molecule has 2 rings (SSSR count). The topological polar surface area (TPSA) is 78.5 Å². The second-order valence-corrected chi connectivity index (χ2v) is 6.99. The van der Waals surface area contributed by atoms with Crippen molar-refractivity contribution < 1.29 is 13.2 Å². The SMILES string of the molecule is CS(=O)(=O)NC1CCN(C(=O)CC2CCCN2)C1.Cl. The lowest BCUT2D eigenvalue weighted by molar-refractivity contribution is -0.130. The van der Waals surface area contributed by atoms with E-state index in [-0.39, 0.29) is 24.4 Å². The summed E-state index contributed by atoms with van der Waals surface area (Å²) in [5.41, 5.74) is 0. The fourth-order valence-electron chi connectivity index (χ4n) is 2.66. The zero-order chi connectivity index (χ0) is 13.2. The monoisotopic (exact) mass is 311 g/mol. The Morgan fingerprint density at radius 1 is 1.42 bits per heavy atom. The molecule has 1 amide bonds. The lowest BCUT2D eigenvalue weighted by Crippen LogP contribution is -2.39. The average molecular weight is 312 g/mol. The number of nitrogens with one attached hydrogen (secondary N) is 2. The minimum atomic E-state index is -3.18. The smallest absolute Gasteiger partial charge is 0.224 e. The van der Waals surface area contributed by atoms with Crippen LogP contribution in [0.2, 0.25) is 0 Å². The van der Waals surface area contributed by atoms with E-state index in [1.54, 1.807) is 4.90 Å². The Balaban J connectivity index is 0.00000180. The number of hydrogen-bond donors (Lipinski definition) is 2. The normalized spacial score (nSPS) is 27.3. The quantitative estimate of drug-likeness (QED) is 0.747. The van der Waals surface area contributed by atoms with Crippen LogP contribution < -0.4 is 10.0 Å². The number of carbonyl (C=O) groups excluding carboxylic acids is 1. The van der Waals surface area contributed by atoms with Crippen LogP contribution in [0.25, 0.3) is 0 Å². The van der Waals surface area contributed by atoms with E-state index >= 15 is 0 Å². The predicted octanol–water partition coefficient (Wildman–Crippen LogP) is -0.300. The van der Waals surface area contributed by atoms with Crippen LogP contribution in [0.3, 0.4) is 0 Å². The summed E-state index contributed by atoms with van der Waals surface area (Å²) in [5.74, 6) is 0.132. The molecule has 19 heavy (non-hydrogen) atoms. The zero-order valence-electron chi connectivity index (χ0n) is 11.1. The van der Waals surface area contributed by atoms with Gasteiger partial charge in [0, 0.05) is 31.6 Å². The lowest BCUT2D eigenvalue weighted by Gasteiger charge is -2.19. The number of carbonyl (C=O) groups is 1. The third-order valence-electron chi connectivity index (χ3n) is 3.51. The Labute approximate surface area is 120 Å². The van der Waals surface area contributed by atoms with Gasteiger partial charge in [0.2, 0.25) is 15.9 Å². The van der Waals surface area contributed by atoms with Crippen LogP contribution in [-0.4, -0.2) is 57.2 Å². The number of hydrogen-bond acceptors (Lipinski definition) is 4. The third-order valence-corrected chi connectivity index (χ3v) is 4.27. The molecule has 0 aliphatic carbocycles. The van der Waals surface area contributed by atoms with Crippen molar-refractivity contribution in [2.45, 2.75) is 37.8 Å². The average Bonchev–Trinajstić information content (AvgIpc) is 2.86. The first-order chi connectivity index (χ1) is 8.44. The highest BCUT2D eigenvalue weighted by molar-refractivity contribution is 7.88. The summed E-state index contributed by atoms with van der Waals surface area (Å²) < 4.78 is 24.8. The van der Waals surface area contributed by atoms with Gasteiger partial charge >= 0.3 is 0 Å². The molecular weight excluding hydrogens is 290 g/mol. The van der Waals surface area contributed by atoms with Crippen LogP contribution in [0.5, 0.6) is 0 Å². The number of amides is 1. The van der Waals surface area contributed by atoms with Crippen LogP contribution in [0.15, 0.2) is 0 Å². The van der Waals surface area contributed by atoms with E-state index in [1.807, 2.05) is 0 Å². The molecule has 2 N–H and O–H groups in total. The summed E-state index contributed by atoms with van der Waals surface area (Å²) in [6.45, 7) is 2.15. The first-order valence-electron chi connectivity index (χ1n) is 6.42. The van der Waals surface area contributed by atoms with E-state index in [9.17, 15) is 13.2 Å². The van der Waals surface area contributed by atoms with E-state index in [4.69, 9.17) is 0 Å². The van der Waals surface area contributed by atoms with Crippen molar-refractivity contribution in [2.24, 2.45) is 0 Å². The molecule has 2 fully saturated rings. The Bertz CT molecular complexity index is 409. The molecule has 0 radical (unpaired) electrons. The molecule has 0 aromatic rings. The Hall–Kier alpha value is -0.370. The number of nitrogens with zero attached hydrogens (tertiary/aromatic N) is 1. The molecule has 8 heteroatoms. The van der Waals surface area contributed by atoms with E-state index < -0.39 is 10.0 Å². The van der Waals surface area contributed by atoms with Crippen LogP contribution in [-0.2, 0) is 14.8 Å². The highest BCUT2D eigenvalue weighted by Gasteiger charge is 2.29. The molecule has 112 valence electrons. The Kier molecular flexibility index (Phi) is 6.04. The number of sulfonamides is 1. The van der Waals surface area contributed by atoms with Gasteiger partial charge in [-0.2, -0.15) is 0 Å². The fourth-order valence-corrected chi connectivity index (χ4v) is 3.45. The molecule has 2 aliphatic heterocycles. The van der Waals surface area contributed by atoms with Gasteiger partial charge in [-0.25, -0.2) is 13.1 Å². The van der Waals surface area contributed by atoms with Crippen molar-refractivity contribution in [3.05, 3.63) is 0 Å². The summed E-state index contributed by atoms with van der Waals surface area (Å²) in [6, 6.07) is 0.180. The second kappa shape index (κ2) is 6.88. The molecule has 2 atom stereocenters. The molecule has 2 heterocycles. The first kappa shape index (κ1) is 16.7. The van der Waals surface area contributed by atoms with Gasteiger partial charge in [-0.3, -0.25) is 4.79 Å². The molecule has 0 aromatic carbocycles. The van der Waals surface area contributed by atoms with E-state index in [2.05, 4.69) is 10.0 Å². The number of likely N-dealkylation sites (tertiary alicyclic amines) is 1. The van der Waals surface area contributed by atoms with Gasteiger partial charge in [-0.1, -0.05) is 0 Å². The Morgan fingerprint density at radius 3 is 2.74 bits per heavy atom. The highest BCUT2D eigenvalue weighted by atomic mass is 35.5. The van der Waals surface area contributed by atoms with Crippen LogP contribution >= 0.6 is 12.4 Å². The summed E-state index contributed by atoms with van der Waals surface area (Å²) in [7, 11) is -3.18. The summed E-state index contributed by atoms with van der Waals surface area (Å²) in [4.78, 5) is 13.8. The highest BCUT2D eigenvalue weighted by Crippen LogP contribution is 2.15. The molecule has 2 aliphatic rings. The van der Waals surface area contributed by atoms with Gasteiger partial charge in [0.25, 0.3) is 0 Å². The van der Waals surface area contributed by atoms with Crippen LogP contribution in [0.4, 0.5) is 0 Å². The fraction of sp³-hybridized carbons (Fsp3) is 0.909. The molecule has 0 saturated carbocycles. The molecule has 0 spiro atoms. The van der Waals surface area contributed by atoms with Crippen molar-refractivity contribution in [2.75, 3.05) is 25.9 Å². The molecule has 0 aromatic heterocycles. The third kappa shape index (κ3) is 5.25. The van der Waals surface area contributed by atoms with E-state index in [1.165, 1.54) is 0 Å². The summed E-state index contributed by atoms with van der Waals surface area (Å²) in [6.07, 6.45) is 4.59. The molecule has 6 nitrogen and oxygen atoms in total. The van der Waals surface area contributed by atoms with Gasteiger partial charge in [0.05, 0.1) is 6.26 Å². The Morgan fingerprint density at radius 2 is 2.16 bits per heavy atom. The van der Waals surface area contributed by atoms with Crippen LogP contribution in [0.1, 0.15) is 25.7 Å². The van der Waals surface area contributed by atoms with Crippen molar-refractivity contribution in [1.82, 2.24) is 14.9 Å². The first-order valence-corrected chi connectivity index (χ1v) is 8.31. The van der Waals surface area contributed by atoms with Gasteiger partial charge in [-0.15, -0.1) is 12.4 Å². The molecule has 2 unspecified atom stereocenters. The molecule has 2 saturated heterocycles. The zero-order valence-corrected chi connectivity index (χ0v) is 12.7. The van der Waals surface area contributed by atoms with Gasteiger partial charge in [0.15, 0.2) is 0 Å². The van der Waals surface area contributed by atoms with Crippen molar-refractivity contribution in [3.8, 4) is 0 Å². The van der Waals surface area contributed by atoms with Gasteiger partial charge < -0.3 is 10.2 Å². The van der Waals surface area contributed by atoms with Gasteiger partial charge in [0.1, 0.15) is 0 Å². The lowest BCUT2D eigenvalue weighted by atomic mass is 10.1. The predicted molar refractivity (Wildman–Crippen MR) is 75.9 cm³/mol. The second-order valence-electron chi connectivity index (χ2n) is 5.21. The van der Waals surface area contributed by atoms with E-state index in [0.29, 0.717) is 32.0 Å². The maximum absolute atomic E-state index is 12.0. The van der Waals surface area contributed by atoms with E-state index in [0.717, 1.165) is 25.6 Å². The largest absolute Gasteiger partial charge is 0.341 e. The van der Waals surface area contributed by atoms with Crippen molar-refractivity contribution >= 4 is 28.3 Å². The maximum atomic E-state index is 12.0. The summed E-state index contributed by atoms with van der Waals surface area (Å²) in [5, 5.41) is 3.30. The number of halogens is 1. The summed E-state index contributed by atoms with van der Waals surface area (Å²) >= 11 is 0. The molecule has 0 bridgehead atoms. The minimum absolute atomic E-state index is 0. The van der Waals surface area contributed by atoms with Gasteiger partial charge in [-0.05, 0) is 25.8 Å². The maximum Gasteiger partial charge on any atom is 0.224 e. The van der Waals surface area contributed by atoms with Crippen LogP contribution in [0, 0.1) is 0 Å².